The molecule has 1 aromatic rings. The van der Waals surface area contributed by atoms with E-state index in [1.54, 1.807) is 6.07 Å². The average Bonchev–Trinajstić information content (AvgIpc) is 2.36. The molecule has 0 aromatic heterocycles. The fourth-order valence-corrected chi connectivity index (χ4v) is 3.04. The van der Waals surface area contributed by atoms with Gasteiger partial charge >= 0.3 is 0 Å². The summed E-state index contributed by atoms with van der Waals surface area (Å²) >= 11 is 0. The molecule has 6 nitrogen and oxygen atoms in total. The Morgan fingerprint density at radius 3 is 2.60 bits per heavy atom. The molecule has 0 aliphatic carbocycles. The molecule has 0 saturated heterocycles. The Balaban J connectivity index is 2.86. The van der Waals surface area contributed by atoms with Crippen LogP contribution < -0.4 is 15.8 Å². The summed E-state index contributed by atoms with van der Waals surface area (Å²) in [5.74, 6) is -0.183. The maximum atomic E-state index is 12.2. The van der Waals surface area contributed by atoms with Crippen molar-refractivity contribution in [1.82, 2.24) is 5.32 Å². The van der Waals surface area contributed by atoms with Crippen LogP contribution in [0, 0.1) is 0 Å². The lowest BCUT2D eigenvalue weighted by atomic mass is 10.3. The van der Waals surface area contributed by atoms with E-state index >= 15 is 0 Å². The first-order valence-corrected chi connectivity index (χ1v) is 7.87. The third-order valence-corrected chi connectivity index (χ3v) is 4.37. The summed E-state index contributed by atoms with van der Waals surface area (Å²) in [5.41, 5.74) is 5.83. The van der Waals surface area contributed by atoms with Crippen molar-refractivity contribution >= 4 is 21.4 Å². The van der Waals surface area contributed by atoms with Crippen LogP contribution in [0.5, 0.6) is 5.75 Å². The number of hydrogen-bond acceptors (Lipinski definition) is 5. The highest BCUT2D eigenvalue weighted by Crippen LogP contribution is 2.25. The highest BCUT2D eigenvalue weighted by atomic mass is 32.2. The molecule has 0 spiro atoms. The van der Waals surface area contributed by atoms with Crippen molar-refractivity contribution in [2.75, 3.05) is 18.6 Å². The summed E-state index contributed by atoms with van der Waals surface area (Å²) in [6, 6.07) is 4.40. The number of ether oxygens (including phenoxy) is 1. The Bertz CT molecular complexity index is 582. The van der Waals surface area contributed by atoms with Crippen LogP contribution in [0.4, 0.5) is 5.69 Å². The third kappa shape index (κ3) is 4.41. The van der Waals surface area contributed by atoms with E-state index in [0.717, 1.165) is 0 Å². The molecular formula is C13H20N2O4S. The summed E-state index contributed by atoms with van der Waals surface area (Å²) < 4.78 is 29.4. The molecule has 0 bridgehead atoms. The predicted octanol–water partition coefficient (Wildman–Crippen LogP) is 0.966. The molecule has 0 saturated carbocycles. The minimum Gasteiger partial charge on any atom is -0.497 e. The van der Waals surface area contributed by atoms with Gasteiger partial charge in [-0.3, -0.25) is 4.79 Å². The zero-order valence-electron chi connectivity index (χ0n) is 11.8. The highest BCUT2D eigenvalue weighted by Gasteiger charge is 2.20. The van der Waals surface area contributed by atoms with E-state index in [1.165, 1.54) is 19.2 Å². The molecule has 20 heavy (non-hydrogen) atoms. The molecule has 0 aliphatic heterocycles. The second-order valence-electron chi connectivity index (χ2n) is 4.69. The molecule has 112 valence electrons. The number of sulfone groups is 1. The quantitative estimate of drug-likeness (QED) is 0.763. The van der Waals surface area contributed by atoms with Gasteiger partial charge in [0.2, 0.25) is 5.91 Å². The first-order chi connectivity index (χ1) is 9.26. The molecule has 1 amide bonds. The molecule has 3 N–H and O–H groups in total. The lowest BCUT2D eigenvalue weighted by molar-refractivity contribution is -0.121. The Kier molecular flexibility index (Phi) is 5.38. The minimum atomic E-state index is -3.62. The van der Waals surface area contributed by atoms with E-state index in [1.807, 2.05) is 13.8 Å². The molecule has 0 unspecified atom stereocenters. The van der Waals surface area contributed by atoms with E-state index in [4.69, 9.17) is 10.5 Å². The zero-order valence-corrected chi connectivity index (χ0v) is 12.7. The number of methoxy groups -OCH3 is 1. The summed E-state index contributed by atoms with van der Waals surface area (Å²) in [6.45, 7) is 3.62. The number of carbonyl (C=O) groups is 1. The van der Waals surface area contributed by atoms with Crippen molar-refractivity contribution in [2.24, 2.45) is 0 Å². The summed E-state index contributed by atoms with van der Waals surface area (Å²) in [4.78, 5) is 11.5. The largest absolute Gasteiger partial charge is 0.497 e. The molecule has 1 aromatic carbocycles. The average molecular weight is 300 g/mol. The maximum absolute atomic E-state index is 12.2. The molecule has 0 radical (unpaired) electrons. The number of rotatable bonds is 6. The van der Waals surface area contributed by atoms with Crippen LogP contribution in [0.3, 0.4) is 0 Å². The number of carbonyl (C=O) groups excluding carboxylic acids is 1. The highest BCUT2D eigenvalue weighted by molar-refractivity contribution is 7.91. The Morgan fingerprint density at radius 2 is 2.05 bits per heavy atom. The molecule has 0 fully saturated rings. The second kappa shape index (κ2) is 6.60. The molecular weight excluding hydrogens is 280 g/mol. The first-order valence-electron chi connectivity index (χ1n) is 6.22. The monoisotopic (exact) mass is 300 g/mol. The molecule has 0 heterocycles. The number of benzene rings is 1. The van der Waals surface area contributed by atoms with Gasteiger partial charge in [-0.05, 0) is 26.0 Å². The second-order valence-corrected chi connectivity index (χ2v) is 6.77. The van der Waals surface area contributed by atoms with Gasteiger partial charge in [-0.2, -0.15) is 0 Å². The van der Waals surface area contributed by atoms with Crippen molar-refractivity contribution in [3.63, 3.8) is 0 Å². The normalized spacial score (nSPS) is 11.4. The number of amides is 1. The van der Waals surface area contributed by atoms with Gasteiger partial charge < -0.3 is 15.8 Å². The van der Waals surface area contributed by atoms with Crippen molar-refractivity contribution in [2.45, 2.75) is 31.2 Å². The first kappa shape index (κ1) is 16.3. The van der Waals surface area contributed by atoms with E-state index in [-0.39, 0.29) is 34.7 Å². The van der Waals surface area contributed by atoms with Gasteiger partial charge in [0.15, 0.2) is 9.84 Å². The van der Waals surface area contributed by atoms with Gasteiger partial charge in [-0.1, -0.05) is 0 Å². The van der Waals surface area contributed by atoms with Crippen LogP contribution >= 0.6 is 0 Å². The molecule has 7 heteroatoms. The van der Waals surface area contributed by atoms with E-state index in [0.29, 0.717) is 5.75 Å². The summed E-state index contributed by atoms with van der Waals surface area (Å²) in [7, 11) is -2.18. The Morgan fingerprint density at radius 1 is 1.40 bits per heavy atom. The minimum absolute atomic E-state index is 0.00537. The van der Waals surface area contributed by atoms with Gasteiger partial charge in [-0.15, -0.1) is 0 Å². The van der Waals surface area contributed by atoms with E-state index in [2.05, 4.69) is 5.32 Å². The summed E-state index contributed by atoms with van der Waals surface area (Å²) in [5, 5.41) is 2.64. The van der Waals surface area contributed by atoms with Gasteiger partial charge in [0.05, 0.1) is 23.4 Å². The number of anilines is 1. The van der Waals surface area contributed by atoms with Crippen LogP contribution in [-0.2, 0) is 14.6 Å². The lowest BCUT2D eigenvalue weighted by Gasteiger charge is -2.11. The van der Waals surface area contributed by atoms with Crippen molar-refractivity contribution < 1.29 is 17.9 Å². The van der Waals surface area contributed by atoms with Crippen molar-refractivity contribution in [3.05, 3.63) is 18.2 Å². The van der Waals surface area contributed by atoms with Crippen LogP contribution in [0.25, 0.3) is 0 Å². The lowest BCUT2D eigenvalue weighted by Crippen LogP contribution is -2.31. The van der Waals surface area contributed by atoms with Gasteiger partial charge in [-0.25, -0.2) is 8.42 Å². The number of nitrogen functional groups attached to an aromatic ring is 1. The van der Waals surface area contributed by atoms with Crippen LogP contribution in [0.2, 0.25) is 0 Å². The van der Waals surface area contributed by atoms with Gasteiger partial charge in [0.25, 0.3) is 0 Å². The van der Waals surface area contributed by atoms with E-state index < -0.39 is 9.84 Å². The third-order valence-electron chi connectivity index (χ3n) is 2.60. The zero-order chi connectivity index (χ0) is 15.3. The van der Waals surface area contributed by atoms with Gasteiger partial charge in [0.1, 0.15) is 5.75 Å². The predicted molar refractivity (Wildman–Crippen MR) is 77.4 cm³/mol. The maximum Gasteiger partial charge on any atom is 0.221 e. The molecule has 1 rings (SSSR count). The fourth-order valence-electron chi connectivity index (χ4n) is 1.64. The van der Waals surface area contributed by atoms with Gasteiger partial charge in [0, 0.05) is 18.5 Å². The van der Waals surface area contributed by atoms with E-state index in [9.17, 15) is 13.2 Å². The number of nitrogens with one attached hydrogen (secondary N) is 1. The van der Waals surface area contributed by atoms with Crippen LogP contribution in [-0.4, -0.2) is 33.2 Å². The Hall–Kier alpha value is -1.76. The van der Waals surface area contributed by atoms with Crippen LogP contribution in [0.15, 0.2) is 23.1 Å². The number of hydrogen-bond donors (Lipinski definition) is 2. The standard InChI is InChI=1S/C13H20N2O4S/c1-9(2)15-13(16)6-7-20(17,18)12-8-10(19-3)4-5-11(12)14/h4-5,8-9H,6-7,14H2,1-3H3,(H,15,16). The van der Waals surface area contributed by atoms with Crippen molar-refractivity contribution in [1.29, 1.82) is 0 Å². The molecule has 0 aliphatic rings. The number of nitrogens with two attached hydrogens (primary N) is 1. The smallest absolute Gasteiger partial charge is 0.221 e. The Labute approximate surface area is 119 Å². The van der Waals surface area contributed by atoms with Crippen molar-refractivity contribution in [3.8, 4) is 5.75 Å². The fraction of sp³-hybridized carbons (Fsp3) is 0.462. The van der Waals surface area contributed by atoms with Crippen LogP contribution in [0.1, 0.15) is 20.3 Å². The summed E-state index contributed by atoms with van der Waals surface area (Å²) in [6.07, 6.45) is -0.100. The molecule has 0 atom stereocenters. The SMILES string of the molecule is COc1ccc(N)c(S(=O)(=O)CCC(=O)NC(C)C)c1. The topological polar surface area (TPSA) is 98.5 Å².